The molecular formula is C14H21N6O13P3. The third-order valence-corrected chi connectivity index (χ3v) is 8.01. The van der Waals surface area contributed by atoms with Gasteiger partial charge in [-0.3, -0.25) is 9.09 Å². The van der Waals surface area contributed by atoms with Crippen LogP contribution in [0.5, 0.6) is 0 Å². The fraction of sp³-hybridized carbons (Fsp3) is 0.571. The first-order chi connectivity index (χ1) is 16.6. The molecule has 6 atom stereocenters. The van der Waals surface area contributed by atoms with Gasteiger partial charge in [0.2, 0.25) is 0 Å². The van der Waals surface area contributed by atoms with Gasteiger partial charge in [0.15, 0.2) is 0 Å². The first kappa shape index (κ1) is 30.1. The lowest BCUT2D eigenvalue weighted by molar-refractivity contribution is -0.0804. The largest absolute Gasteiger partial charge is 0.490 e. The molecule has 0 saturated carbocycles. The lowest BCUT2D eigenvalue weighted by Gasteiger charge is -2.23. The van der Waals surface area contributed by atoms with Crippen LogP contribution in [0.4, 0.5) is 5.82 Å². The number of hydrogen-bond donors (Lipinski definition) is 5. The number of phosphoric acid groups is 3. The van der Waals surface area contributed by atoms with Crippen LogP contribution in [0.15, 0.2) is 22.2 Å². The first-order valence-electron chi connectivity index (χ1n) is 9.56. The predicted octanol–water partition coefficient (Wildman–Crippen LogP) is 0.891. The molecule has 1 aromatic rings. The van der Waals surface area contributed by atoms with Crippen molar-refractivity contribution < 1.29 is 55.9 Å². The van der Waals surface area contributed by atoms with E-state index in [1.807, 2.05) is 0 Å². The van der Waals surface area contributed by atoms with E-state index in [-0.39, 0.29) is 25.1 Å². The summed E-state index contributed by atoms with van der Waals surface area (Å²) in [7, 11) is -16.8. The van der Waals surface area contributed by atoms with Crippen molar-refractivity contribution in [3.8, 4) is 12.3 Å². The zero-order valence-corrected chi connectivity index (χ0v) is 20.7. The van der Waals surface area contributed by atoms with Crippen LogP contribution in [-0.2, 0) is 36.3 Å². The maximum absolute atomic E-state index is 12.2. The van der Waals surface area contributed by atoms with Crippen molar-refractivity contribution in [3.05, 3.63) is 33.2 Å². The molecule has 0 spiro atoms. The van der Waals surface area contributed by atoms with Gasteiger partial charge in [-0.1, -0.05) is 5.11 Å². The lowest BCUT2D eigenvalue weighted by Crippen LogP contribution is -2.32. The summed E-state index contributed by atoms with van der Waals surface area (Å²) in [4.78, 5) is 54.6. The van der Waals surface area contributed by atoms with Gasteiger partial charge < -0.3 is 34.8 Å². The van der Waals surface area contributed by atoms with Crippen LogP contribution < -0.4 is 11.4 Å². The second-order valence-corrected chi connectivity index (χ2v) is 11.3. The Hall–Kier alpha value is -2.12. The van der Waals surface area contributed by atoms with E-state index >= 15 is 0 Å². The summed E-state index contributed by atoms with van der Waals surface area (Å²) in [6.45, 7) is -0.875. The zero-order valence-electron chi connectivity index (χ0n) is 18.0. The molecule has 2 rings (SSSR count). The summed E-state index contributed by atoms with van der Waals surface area (Å²) >= 11 is 0. The van der Waals surface area contributed by atoms with Gasteiger partial charge in [-0.25, -0.2) is 18.5 Å². The average molecular weight is 574 g/mol. The number of aromatic nitrogens is 2. The molecule has 1 aliphatic heterocycles. The number of ether oxygens (including phenoxy) is 2. The summed E-state index contributed by atoms with van der Waals surface area (Å²) < 4.78 is 58.6. The number of anilines is 1. The van der Waals surface area contributed by atoms with Crippen molar-refractivity contribution in [2.45, 2.75) is 43.9 Å². The third kappa shape index (κ3) is 9.74. The Morgan fingerprint density at radius 3 is 2.61 bits per heavy atom. The fourth-order valence-electron chi connectivity index (χ4n) is 2.90. The van der Waals surface area contributed by atoms with Gasteiger partial charge in [-0.05, 0) is 18.0 Å². The second kappa shape index (κ2) is 12.4. The SMILES string of the molecule is C#CCCC(N=[N+]=[N-])OC1C[C@H](n2ccc(N)nc2=O)O[C@@H]1COP(=O)(O)OP(=O)(O)OP(=O)(O)O. The van der Waals surface area contributed by atoms with Crippen molar-refractivity contribution in [1.29, 1.82) is 0 Å². The number of hydrogen-bond acceptors (Lipinski definition) is 12. The van der Waals surface area contributed by atoms with Gasteiger partial charge in [0.1, 0.15) is 24.4 Å². The van der Waals surface area contributed by atoms with Crippen LogP contribution >= 0.6 is 23.5 Å². The van der Waals surface area contributed by atoms with Gasteiger partial charge in [0.25, 0.3) is 0 Å². The number of phosphoric ester groups is 1. The Kier molecular flexibility index (Phi) is 10.4. The van der Waals surface area contributed by atoms with Crippen molar-refractivity contribution in [2.75, 3.05) is 12.3 Å². The van der Waals surface area contributed by atoms with Gasteiger partial charge in [0.05, 0.1) is 12.7 Å². The smallest absolute Gasteiger partial charge is 0.383 e. The van der Waals surface area contributed by atoms with Crippen LogP contribution in [-0.4, -0.2) is 54.2 Å². The molecule has 36 heavy (non-hydrogen) atoms. The molecule has 1 fully saturated rings. The van der Waals surface area contributed by atoms with Crippen LogP contribution in [0.3, 0.4) is 0 Å². The van der Waals surface area contributed by atoms with Crippen molar-refractivity contribution in [3.63, 3.8) is 0 Å². The van der Waals surface area contributed by atoms with E-state index < -0.39 is 60.4 Å². The van der Waals surface area contributed by atoms with Crippen LogP contribution in [0.1, 0.15) is 25.5 Å². The lowest BCUT2D eigenvalue weighted by atomic mass is 10.1. The summed E-state index contributed by atoms with van der Waals surface area (Å²) in [5, 5.41) is 3.46. The Bertz CT molecular complexity index is 1220. The molecule has 19 nitrogen and oxygen atoms in total. The summed E-state index contributed by atoms with van der Waals surface area (Å²) in [5.74, 6) is 2.27. The average Bonchev–Trinajstić information content (AvgIpc) is 3.10. The molecule has 0 aromatic carbocycles. The van der Waals surface area contributed by atoms with E-state index in [1.54, 1.807) is 0 Å². The minimum absolute atomic E-state index is 0.0658. The number of nitrogens with zero attached hydrogens (tertiary/aromatic N) is 5. The fourth-order valence-corrected chi connectivity index (χ4v) is 5.93. The molecule has 1 aliphatic rings. The number of terminal acetylenes is 1. The molecule has 22 heteroatoms. The summed E-state index contributed by atoms with van der Waals surface area (Å²) in [6, 6.07) is 1.30. The number of azide groups is 1. The molecule has 0 amide bonds. The predicted molar refractivity (Wildman–Crippen MR) is 117 cm³/mol. The van der Waals surface area contributed by atoms with E-state index in [2.05, 4.69) is 34.1 Å². The maximum Gasteiger partial charge on any atom is 0.490 e. The summed E-state index contributed by atoms with van der Waals surface area (Å²) in [6.07, 6.45) is 2.13. The Balaban J connectivity index is 2.21. The number of nitrogen functional groups attached to an aromatic ring is 1. The normalized spacial score (nSPS) is 24.1. The topological polar surface area (TPSA) is 288 Å². The molecule has 1 aromatic heterocycles. The van der Waals surface area contributed by atoms with E-state index in [4.69, 9.17) is 36.9 Å². The van der Waals surface area contributed by atoms with Crippen molar-refractivity contribution in [2.24, 2.45) is 5.11 Å². The highest BCUT2D eigenvalue weighted by atomic mass is 31.3. The van der Waals surface area contributed by atoms with E-state index in [9.17, 15) is 28.3 Å². The molecule has 0 radical (unpaired) electrons. The molecule has 0 aliphatic carbocycles. The Labute approximate surface area is 202 Å². The van der Waals surface area contributed by atoms with Crippen LogP contribution in [0.25, 0.3) is 10.4 Å². The van der Waals surface area contributed by atoms with Gasteiger partial charge in [0, 0.05) is 24.0 Å². The standard InChI is InChI=1S/C14H21N6O13P3/c1-2-3-4-12(18-19-16)30-9-7-13(20-6-5-11(15)17-14(20)21)31-10(9)8-29-35(25,26)33-36(27,28)32-34(22,23)24/h1,5-6,9-10,12-13H,3-4,7-8H2,(H,25,26)(H,27,28)(H2,15,17,21)(H2,22,23,24)/t9?,10-,12?,13-/m1/s1. The third-order valence-electron chi connectivity index (χ3n) is 4.21. The minimum atomic E-state index is -5.74. The molecular weight excluding hydrogens is 553 g/mol. The maximum atomic E-state index is 12.2. The highest BCUT2D eigenvalue weighted by Gasteiger charge is 2.44. The minimum Gasteiger partial charge on any atom is -0.383 e. The van der Waals surface area contributed by atoms with Crippen LogP contribution in [0, 0.1) is 12.3 Å². The molecule has 6 N–H and O–H groups in total. The molecule has 4 unspecified atom stereocenters. The Morgan fingerprint density at radius 2 is 2.03 bits per heavy atom. The highest BCUT2D eigenvalue weighted by molar-refractivity contribution is 7.66. The van der Waals surface area contributed by atoms with Gasteiger partial charge in [-0.2, -0.15) is 13.6 Å². The summed E-state index contributed by atoms with van der Waals surface area (Å²) in [5.41, 5.74) is 13.4. The number of rotatable bonds is 13. The molecule has 200 valence electrons. The molecule has 1 saturated heterocycles. The Morgan fingerprint density at radius 1 is 1.33 bits per heavy atom. The van der Waals surface area contributed by atoms with E-state index in [1.165, 1.54) is 12.3 Å². The van der Waals surface area contributed by atoms with Gasteiger partial charge in [-0.15, -0.1) is 12.3 Å². The van der Waals surface area contributed by atoms with E-state index in [0.717, 1.165) is 4.57 Å². The quantitative estimate of drug-likeness (QED) is 0.0718. The second-order valence-electron chi connectivity index (χ2n) is 6.87. The van der Waals surface area contributed by atoms with E-state index in [0.29, 0.717) is 0 Å². The first-order valence-corrected chi connectivity index (χ1v) is 14.1. The number of nitrogens with two attached hydrogens (primary N) is 1. The highest BCUT2D eigenvalue weighted by Crippen LogP contribution is 2.66. The monoisotopic (exact) mass is 574 g/mol. The van der Waals surface area contributed by atoms with Crippen LogP contribution in [0.2, 0.25) is 0 Å². The van der Waals surface area contributed by atoms with Crippen molar-refractivity contribution in [1.82, 2.24) is 9.55 Å². The molecule has 2 heterocycles. The van der Waals surface area contributed by atoms with Crippen molar-refractivity contribution >= 4 is 29.3 Å². The zero-order chi connectivity index (χ0) is 27.1. The molecule has 0 bridgehead atoms. The van der Waals surface area contributed by atoms with Gasteiger partial charge >= 0.3 is 29.2 Å².